The lowest BCUT2D eigenvalue weighted by Gasteiger charge is -2.15. The van der Waals surface area contributed by atoms with Crippen molar-refractivity contribution in [3.8, 4) is 17.2 Å². The summed E-state index contributed by atoms with van der Waals surface area (Å²) in [6, 6.07) is 15.4. The normalized spacial score (nSPS) is 11.9. The van der Waals surface area contributed by atoms with Gasteiger partial charge in [-0.05, 0) is 32.0 Å². The van der Waals surface area contributed by atoms with E-state index in [0.717, 1.165) is 17.1 Å². The lowest BCUT2D eigenvalue weighted by atomic mass is 10.1. The molecule has 2 aromatic carbocycles. The molecular formula is C16H19NO2. The molecular weight excluding hydrogens is 238 g/mol. The van der Waals surface area contributed by atoms with Gasteiger partial charge in [-0.3, -0.25) is 0 Å². The second-order valence-electron chi connectivity index (χ2n) is 4.31. The Kier molecular flexibility index (Phi) is 4.42. The molecule has 0 aromatic heterocycles. The molecule has 1 atom stereocenters. The van der Waals surface area contributed by atoms with Crippen LogP contribution in [0.1, 0.15) is 25.5 Å². The molecule has 100 valence electrons. The Hall–Kier alpha value is -2.00. The van der Waals surface area contributed by atoms with Gasteiger partial charge in [0.25, 0.3) is 0 Å². The van der Waals surface area contributed by atoms with Crippen LogP contribution in [-0.4, -0.2) is 6.61 Å². The quantitative estimate of drug-likeness (QED) is 0.883. The van der Waals surface area contributed by atoms with Crippen LogP contribution in [0, 0.1) is 0 Å². The zero-order valence-electron chi connectivity index (χ0n) is 11.3. The van der Waals surface area contributed by atoms with Crippen LogP contribution in [0.15, 0.2) is 48.5 Å². The minimum absolute atomic E-state index is 0.0737. The van der Waals surface area contributed by atoms with Gasteiger partial charge < -0.3 is 15.2 Å². The Morgan fingerprint density at radius 2 is 1.53 bits per heavy atom. The minimum atomic E-state index is -0.0737. The fourth-order valence-electron chi connectivity index (χ4n) is 1.88. The lowest BCUT2D eigenvalue weighted by molar-refractivity contribution is 0.320. The number of benzene rings is 2. The molecule has 3 heteroatoms. The molecule has 2 aromatic rings. The summed E-state index contributed by atoms with van der Waals surface area (Å²) in [5, 5.41) is 0. The third-order valence-corrected chi connectivity index (χ3v) is 2.78. The molecule has 0 saturated carbocycles. The largest absolute Gasteiger partial charge is 0.490 e. The Balaban J connectivity index is 2.31. The molecule has 2 rings (SSSR count). The summed E-state index contributed by atoms with van der Waals surface area (Å²) in [6.45, 7) is 4.50. The van der Waals surface area contributed by atoms with Crippen molar-refractivity contribution in [2.75, 3.05) is 6.61 Å². The van der Waals surface area contributed by atoms with Gasteiger partial charge in [-0.2, -0.15) is 0 Å². The second-order valence-corrected chi connectivity index (χ2v) is 4.31. The minimum Gasteiger partial charge on any atom is -0.490 e. The Bertz CT molecular complexity index is 538. The van der Waals surface area contributed by atoms with Crippen LogP contribution in [0.3, 0.4) is 0 Å². The van der Waals surface area contributed by atoms with Crippen molar-refractivity contribution in [3.05, 3.63) is 54.1 Å². The lowest BCUT2D eigenvalue weighted by Crippen LogP contribution is -2.06. The van der Waals surface area contributed by atoms with E-state index in [1.807, 2.05) is 62.4 Å². The maximum Gasteiger partial charge on any atom is 0.169 e. The van der Waals surface area contributed by atoms with E-state index < -0.39 is 0 Å². The SMILES string of the molecule is CCOc1ccccc1Oc1ccccc1C(C)N. The van der Waals surface area contributed by atoms with Crippen LogP contribution in [0.2, 0.25) is 0 Å². The molecule has 19 heavy (non-hydrogen) atoms. The molecule has 1 unspecified atom stereocenters. The summed E-state index contributed by atoms with van der Waals surface area (Å²) in [7, 11) is 0. The first-order valence-electron chi connectivity index (χ1n) is 6.46. The molecule has 3 nitrogen and oxygen atoms in total. The number of para-hydroxylation sites is 3. The Morgan fingerprint density at radius 3 is 2.16 bits per heavy atom. The molecule has 2 N–H and O–H groups in total. The highest BCUT2D eigenvalue weighted by molar-refractivity contribution is 5.45. The summed E-state index contributed by atoms with van der Waals surface area (Å²) >= 11 is 0. The van der Waals surface area contributed by atoms with E-state index in [2.05, 4.69) is 0 Å². The molecule has 0 saturated heterocycles. The first-order chi connectivity index (χ1) is 9.22. The molecule has 0 radical (unpaired) electrons. The van der Waals surface area contributed by atoms with E-state index in [-0.39, 0.29) is 6.04 Å². The zero-order valence-corrected chi connectivity index (χ0v) is 11.3. The smallest absolute Gasteiger partial charge is 0.169 e. The van der Waals surface area contributed by atoms with Crippen molar-refractivity contribution in [1.29, 1.82) is 0 Å². The summed E-state index contributed by atoms with van der Waals surface area (Å²) in [5.41, 5.74) is 6.93. The molecule has 0 aliphatic heterocycles. The molecule has 0 fully saturated rings. The maximum atomic E-state index is 5.95. The van der Waals surface area contributed by atoms with Gasteiger partial charge in [-0.1, -0.05) is 30.3 Å². The average molecular weight is 257 g/mol. The van der Waals surface area contributed by atoms with Crippen LogP contribution in [0.4, 0.5) is 0 Å². The fraction of sp³-hybridized carbons (Fsp3) is 0.250. The van der Waals surface area contributed by atoms with Gasteiger partial charge in [-0.15, -0.1) is 0 Å². The van der Waals surface area contributed by atoms with E-state index in [9.17, 15) is 0 Å². The van der Waals surface area contributed by atoms with Gasteiger partial charge in [0.2, 0.25) is 0 Å². The Labute approximate surface area is 114 Å². The fourth-order valence-corrected chi connectivity index (χ4v) is 1.88. The third kappa shape index (κ3) is 3.26. The first kappa shape index (κ1) is 13.4. The van der Waals surface area contributed by atoms with E-state index >= 15 is 0 Å². The number of rotatable bonds is 5. The molecule has 0 heterocycles. The van der Waals surface area contributed by atoms with E-state index in [1.54, 1.807) is 0 Å². The Morgan fingerprint density at radius 1 is 0.947 bits per heavy atom. The molecule has 0 aliphatic carbocycles. The van der Waals surface area contributed by atoms with Gasteiger partial charge in [-0.25, -0.2) is 0 Å². The van der Waals surface area contributed by atoms with E-state index in [4.69, 9.17) is 15.2 Å². The van der Waals surface area contributed by atoms with Gasteiger partial charge in [0, 0.05) is 11.6 Å². The highest BCUT2D eigenvalue weighted by atomic mass is 16.5. The maximum absolute atomic E-state index is 5.95. The average Bonchev–Trinajstić information content (AvgIpc) is 2.42. The van der Waals surface area contributed by atoms with Crippen LogP contribution in [0.5, 0.6) is 17.2 Å². The molecule has 0 spiro atoms. The monoisotopic (exact) mass is 257 g/mol. The molecule has 0 aliphatic rings. The van der Waals surface area contributed by atoms with Gasteiger partial charge in [0.05, 0.1) is 6.61 Å². The van der Waals surface area contributed by atoms with Crippen LogP contribution in [-0.2, 0) is 0 Å². The standard InChI is InChI=1S/C16H19NO2/c1-3-18-15-10-6-7-11-16(15)19-14-9-5-4-8-13(14)12(2)17/h4-12H,3,17H2,1-2H3. The van der Waals surface area contributed by atoms with Crippen LogP contribution < -0.4 is 15.2 Å². The van der Waals surface area contributed by atoms with Crippen molar-refractivity contribution in [2.45, 2.75) is 19.9 Å². The second kappa shape index (κ2) is 6.25. The van der Waals surface area contributed by atoms with Crippen molar-refractivity contribution in [3.63, 3.8) is 0 Å². The van der Waals surface area contributed by atoms with Gasteiger partial charge in [0.15, 0.2) is 11.5 Å². The summed E-state index contributed by atoms with van der Waals surface area (Å²) in [4.78, 5) is 0. The molecule has 0 amide bonds. The molecule has 0 bridgehead atoms. The number of hydrogen-bond acceptors (Lipinski definition) is 3. The number of hydrogen-bond donors (Lipinski definition) is 1. The van der Waals surface area contributed by atoms with Crippen molar-refractivity contribution in [1.82, 2.24) is 0 Å². The zero-order chi connectivity index (χ0) is 13.7. The van der Waals surface area contributed by atoms with Gasteiger partial charge >= 0.3 is 0 Å². The topological polar surface area (TPSA) is 44.5 Å². The number of ether oxygens (including phenoxy) is 2. The number of nitrogens with two attached hydrogens (primary N) is 1. The summed E-state index contributed by atoms with van der Waals surface area (Å²) in [6.07, 6.45) is 0. The van der Waals surface area contributed by atoms with Crippen molar-refractivity contribution >= 4 is 0 Å². The predicted octanol–water partition coefficient (Wildman–Crippen LogP) is 3.90. The predicted molar refractivity (Wildman–Crippen MR) is 76.7 cm³/mol. The van der Waals surface area contributed by atoms with Crippen LogP contribution >= 0.6 is 0 Å². The van der Waals surface area contributed by atoms with E-state index in [0.29, 0.717) is 12.4 Å². The summed E-state index contributed by atoms with van der Waals surface area (Å²) < 4.78 is 11.5. The highest BCUT2D eigenvalue weighted by Crippen LogP contribution is 2.34. The first-order valence-corrected chi connectivity index (χ1v) is 6.46. The summed E-state index contributed by atoms with van der Waals surface area (Å²) in [5.74, 6) is 2.21. The van der Waals surface area contributed by atoms with Crippen LogP contribution in [0.25, 0.3) is 0 Å². The van der Waals surface area contributed by atoms with Crippen molar-refractivity contribution in [2.24, 2.45) is 5.73 Å². The van der Waals surface area contributed by atoms with Gasteiger partial charge in [0.1, 0.15) is 5.75 Å². The van der Waals surface area contributed by atoms with E-state index in [1.165, 1.54) is 0 Å². The highest BCUT2D eigenvalue weighted by Gasteiger charge is 2.10. The third-order valence-electron chi connectivity index (χ3n) is 2.78. The van der Waals surface area contributed by atoms with Crippen molar-refractivity contribution < 1.29 is 9.47 Å².